The van der Waals surface area contributed by atoms with Crippen molar-refractivity contribution in [2.24, 2.45) is 0 Å². The molecule has 142 valence electrons. The Hall–Kier alpha value is -2.70. The Labute approximate surface area is 169 Å². The number of hydrogen-bond acceptors (Lipinski definition) is 8. The van der Waals surface area contributed by atoms with Crippen molar-refractivity contribution in [2.45, 2.75) is 37.3 Å². The van der Waals surface area contributed by atoms with Crippen LogP contribution in [-0.2, 0) is 11.3 Å². The minimum Gasteiger partial charge on any atom is -0.456 e. The number of esters is 1. The first kappa shape index (κ1) is 18.7. The number of nitrogens with zero attached hydrogens (tertiary/aromatic N) is 4. The maximum atomic E-state index is 12.7. The first-order valence-electron chi connectivity index (χ1n) is 8.64. The number of pyridine rings is 1. The monoisotopic (exact) mass is 412 g/mol. The van der Waals surface area contributed by atoms with Gasteiger partial charge in [0.2, 0.25) is 0 Å². The summed E-state index contributed by atoms with van der Waals surface area (Å²) in [5.74, 6) is -0.267. The lowest BCUT2D eigenvalue weighted by molar-refractivity contribution is 0.0466. The van der Waals surface area contributed by atoms with E-state index in [0.717, 1.165) is 24.2 Å². The predicted molar refractivity (Wildman–Crippen MR) is 106 cm³/mol. The van der Waals surface area contributed by atoms with Crippen molar-refractivity contribution in [3.8, 4) is 6.07 Å². The Morgan fingerprint density at radius 1 is 1.43 bits per heavy atom. The molecule has 28 heavy (non-hydrogen) atoms. The van der Waals surface area contributed by atoms with Gasteiger partial charge >= 0.3 is 5.97 Å². The van der Waals surface area contributed by atoms with Gasteiger partial charge in [-0.3, -0.25) is 9.20 Å². The fourth-order valence-electron chi connectivity index (χ4n) is 2.94. The SMILES string of the molecule is CSc1nc(C2CC2)cc(C(=O)OCc2cc(=O)n3c(C)csc3n2)c1C#N. The van der Waals surface area contributed by atoms with Gasteiger partial charge in [0.1, 0.15) is 17.7 Å². The van der Waals surface area contributed by atoms with Crippen molar-refractivity contribution in [3.05, 3.63) is 56.1 Å². The van der Waals surface area contributed by atoms with Crippen LogP contribution in [0.1, 0.15) is 51.8 Å². The Morgan fingerprint density at radius 2 is 2.21 bits per heavy atom. The Morgan fingerprint density at radius 3 is 2.89 bits per heavy atom. The second-order valence-electron chi connectivity index (χ2n) is 6.52. The molecule has 0 radical (unpaired) electrons. The molecule has 0 N–H and O–H groups in total. The van der Waals surface area contributed by atoms with Crippen LogP contribution >= 0.6 is 23.1 Å². The number of aromatic nitrogens is 3. The molecule has 0 saturated heterocycles. The fourth-order valence-corrected chi connectivity index (χ4v) is 4.38. The van der Waals surface area contributed by atoms with Crippen LogP contribution in [0.2, 0.25) is 0 Å². The second-order valence-corrected chi connectivity index (χ2v) is 8.15. The number of carbonyl (C=O) groups is 1. The average Bonchev–Trinajstić information content (AvgIpc) is 3.48. The summed E-state index contributed by atoms with van der Waals surface area (Å²) in [6.07, 6.45) is 3.90. The minimum absolute atomic E-state index is 0.137. The average molecular weight is 412 g/mol. The van der Waals surface area contributed by atoms with Gasteiger partial charge in [-0.05, 0) is 32.1 Å². The number of thioether (sulfide) groups is 1. The predicted octanol–water partition coefficient (Wildman–Crippen LogP) is 3.29. The molecule has 3 aromatic heterocycles. The fraction of sp³-hybridized carbons (Fsp3) is 0.316. The van der Waals surface area contributed by atoms with Gasteiger partial charge in [0, 0.05) is 28.8 Å². The molecule has 3 heterocycles. The number of nitriles is 1. The van der Waals surface area contributed by atoms with E-state index in [1.165, 1.54) is 33.6 Å². The molecule has 1 fully saturated rings. The number of thiazole rings is 1. The van der Waals surface area contributed by atoms with Crippen LogP contribution in [0.5, 0.6) is 0 Å². The summed E-state index contributed by atoms with van der Waals surface area (Å²) in [6.45, 7) is 1.70. The van der Waals surface area contributed by atoms with Gasteiger partial charge < -0.3 is 4.74 Å². The van der Waals surface area contributed by atoms with Crippen molar-refractivity contribution in [2.75, 3.05) is 6.26 Å². The number of ether oxygens (including phenoxy) is 1. The van der Waals surface area contributed by atoms with Gasteiger partial charge in [-0.15, -0.1) is 23.1 Å². The highest BCUT2D eigenvalue weighted by molar-refractivity contribution is 7.98. The molecule has 0 bridgehead atoms. The second kappa shape index (κ2) is 7.37. The quantitative estimate of drug-likeness (QED) is 0.468. The third-order valence-electron chi connectivity index (χ3n) is 4.51. The van der Waals surface area contributed by atoms with Gasteiger partial charge in [-0.1, -0.05) is 0 Å². The molecule has 1 saturated carbocycles. The van der Waals surface area contributed by atoms with Crippen LogP contribution in [0.15, 0.2) is 27.3 Å². The maximum Gasteiger partial charge on any atom is 0.340 e. The number of rotatable bonds is 5. The third kappa shape index (κ3) is 3.41. The molecule has 3 aromatic rings. The molecule has 0 aliphatic heterocycles. The number of hydrogen-bond donors (Lipinski definition) is 0. The summed E-state index contributed by atoms with van der Waals surface area (Å²) in [5, 5.41) is 11.9. The topological polar surface area (TPSA) is 97.3 Å². The molecule has 9 heteroatoms. The standard InChI is InChI=1S/C19H16N4O3S2/c1-10-9-28-19-21-12(5-16(24)23(10)19)8-26-18(25)13-6-15(11-3-4-11)22-17(27-2)14(13)7-20/h5-6,9,11H,3-4,8H2,1-2H3. The van der Waals surface area contributed by atoms with E-state index in [1.807, 2.05) is 18.6 Å². The smallest absolute Gasteiger partial charge is 0.340 e. The van der Waals surface area contributed by atoms with Crippen molar-refractivity contribution in [1.82, 2.24) is 14.4 Å². The molecule has 0 atom stereocenters. The largest absolute Gasteiger partial charge is 0.456 e. The molecule has 7 nitrogen and oxygen atoms in total. The molecule has 0 aromatic carbocycles. The molecule has 1 aliphatic rings. The number of carbonyl (C=O) groups excluding carboxylic acids is 1. The van der Waals surface area contributed by atoms with Crippen LogP contribution < -0.4 is 5.56 Å². The Kier molecular flexibility index (Phi) is 4.91. The third-order valence-corrected chi connectivity index (χ3v) is 6.13. The van der Waals surface area contributed by atoms with Crippen molar-refractivity contribution >= 4 is 34.0 Å². The molecule has 0 amide bonds. The van der Waals surface area contributed by atoms with Gasteiger partial charge in [0.25, 0.3) is 5.56 Å². The summed E-state index contributed by atoms with van der Waals surface area (Å²) in [5.41, 5.74) is 2.24. The first-order valence-corrected chi connectivity index (χ1v) is 10.7. The van der Waals surface area contributed by atoms with E-state index in [2.05, 4.69) is 16.0 Å². The molecule has 1 aliphatic carbocycles. The van der Waals surface area contributed by atoms with Gasteiger partial charge in [0.15, 0.2) is 4.96 Å². The first-order chi connectivity index (χ1) is 13.5. The van der Waals surface area contributed by atoms with E-state index in [-0.39, 0.29) is 23.3 Å². The summed E-state index contributed by atoms with van der Waals surface area (Å²) < 4.78 is 6.90. The zero-order chi connectivity index (χ0) is 19.8. The highest BCUT2D eigenvalue weighted by atomic mass is 32.2. The van der Waals surface area contributed by atoms with Crippen LogP contribution in [0.4, 0.5) is 0 Å². The van der Waals surface area contributed by atoms with E-state index in [9.17, 15) is 14.9 Å². The summed E-state index contributed by atoms with van der Waals surface area (Å²) >= 11 is 2.69. The highest BCUT2D eigenvalue weighted by Gasteiger charge is 2.29. The molecular weight excluding hydrogens is 396 g/mol. The normalized spacial score (nSPS) is 13.5. The minimum atomic E-state index is -0.611. The lowest BCUT2D eigenvalue weighted by Gasteiger charge is -2.10. The number of aryl methyl sites for hydroxylation is 1. The Balaban J connectivity index is 1.61. The van der Waals surface area contributed by atoms with Crippen LogP contribution in [0, 0.1) is 18.3 Å². The summed E-state index contributed by atoms with van der Waals surface area (Å²) in [4.78, 5) is 34.4. The Bertz CT molecular complexity index is 1190. The van der Waals surface area contributed by atoms with Crippen LogP contribution in [0.3, 0.4) is 0 Å². The van der Waals surface area contributed by atoms with Crippen LogP contribution in [-0.4, -0.2) is 26.6 Å². The lowest BCUT2D eigenvalue weighted by atomic mass is 10.1. The van der Waals surface area contributed by atoms with E-state index in [1.54, 1.807) is 6.07 Å². The lowest BCUT2D eigenvalue weighted by Crippen LogP contribution is -2.16. The van der Waals surface area contributed by atoms with E-state index in [0.29, 0.717) is 21.6 Å². The van der Waals surface area contributed by atoms with Gasteiger partial charge in [-0.2, -0.15) is 5.26 Å². The molecule has 0 unspecified atom stereocenters. The van der Waals surface area contributed by atoms with Crippen molar-refractivity contribution in [1.29, 1.82) is 5.26 Å². The van der Waals surface area contributed by atoms with Crippen molar-refractivity contribution in [3.63, 3.8) is 0 Å². The molecule has 0 spiro atoms. The molecule has 4 rings (SSSR count). The zero-order valence-electron chi connectivity index (χ0n) is 15.3. The van der Waals surface area contributed by atoms with Gasteiger partial charge in [-0.25, -0.2) is 14.8 Å². The maximum absolute atomic E-state index is 12.7. The number of fused-ring (bicyclic) bond motifs is 1. The van der Waals surface area contributed by atoms with Crippen LogP contribution in [0.25, 0.3) is 4.96 Å². The van der Waals surface area contributed by atoms with Crippen molar-refractivity contribution < 1.29 is 9.53 Å². The van der Waals surface area contributed by atoms with E-state index in [4.69, 9.17) is 4.74 Å². The summed E-state index contributed by atoms with van der Waals surface area (Å²) in [6, 6.07) is 5.09. The zero-order valence-corrected chi connectivity index (χ0v) is 16.9. The highest BCUT2D eigenvalue weighted by Crippen LogP contribution is 2.40. The van der Waals surface area contributed by atoms with E-state index >= 15 is 0 Å². The molecular formula is C19H16N4O3S2. The summed E-state index contributed by atoms with van der Waals surface area (Å²) in [7, 11) is 0. The van der Waals surface area contributed by atoms with Gasteiger partial charge in [0.05, 0.1) is 16.8 Å². The van der Waals surface area contributed by atoms with E-state index < -0.39 is 5.97 Å².